The Morgan fingerprint density at radius 1 is 1.44 bits per heavy atom. The van der Waals surface area contributed by atoms with Gasteiger partial charge in [-0.25, -0.2) is 0 Å². The summed E-state index contributed by atoms with van der Waals surface area (Å²) in [7, 11) is 2.19. The van der Waals surface area contributed by atoms with Crippen LogP contribution in [0.25, 0.3) is 0 Å². The predicted octanol–water partition coefficient (Wildman–Crippen LogP) is 3.80. The van der Waals surface area contributed by atoms with Gasteiger partial charge in [0.15, 0.2) is 0 Å². The second kappa shape index (κ2) is 6.05. The van der Waals surface area contributed by atoms with Crippen molar-refractivity contribution in [3.63, 3.8) is 0 Å². The molecule has 1 nitrogen and oxygen atoms in total. The normalized spacial score (nSPS) is 18.1. The van der Waals surface area contributed by atoms with Gasteiger partial charge in [-0.15, -0.1) is 0 Å². The van der Waals surface area contributed by atoms with Crippen molar-refractivity contribution in [1.29, 1.82) is 0 Å². The zero-order chi connectivity index (χ0) is 12.1. The van der Waals surface area contributed by atoms with E-state index in [9.17, 15) is 0 Å². The summed E-state index contributed by atoms with van der Waals surface area (Å²) in [4.78, 5) is 2.38. The number of hydrogen-bond donors (Lipinski definition) is 0. The summed E-state index contributed by atoms with van der Waals surface area (Å²) in [5.74, 6) is 0.674. The Bertz CT molecular complexity index is 309. The first-order valence-corrected chi connectivity index (χ1v) is 6.28. The van der Waals surface area contributed by atoms with Crippen LogP contribution in [0.2, 0.25) is 0 Å². The highest BCUT2D eigenvalue weighted by Gasteiger charge is 2.14. The molecular weight excluding hydrogens is 194 g/mol. The lowest BCUT2D eigenvalue weighted by atomic mass is 9.88. The standard InChI is InChI=1S/C15H25N/c1-6-16(5)11-13(4)15-9-7-14(8-10-15)12(2)3/h7,9,13H,2,6,8,10-11H2,1,3-5H3. The summed E-state index contributed by atoms with van der Waals surface area (Å²) in [6.07, 6.45) is 6.93. The van der Waals surface area contributed by atoms with Crippen LogP contribution in [0.4, 0.5) is 0 Å². The molecule has 0 aromatic heterocycles. The fraction of sp³-hybridized carbons (Fsp3) is 0.600. The first-order valence-electron chi connectivity index (χ1n) is 6.28. The molecule has 0 heterocycles. The van der Waals surface area contributed by atoms with Crippen LogP contribution in [-0.2, 0) is 0 Å². The molecule has 0 saturated carbocycles. The van der Waals surface area contributed by atoms with Crippen LogP contribution in [0.15, 0.2) is 35.5 Å². The summed E-state index contributed by atoms with van der Waals surface area (Å²) in [6, 6.07) is 0. The molecule has 0 aromatic carbocycles. The van der Waals surface area contributed by atoms with Crippen LogP contribution in [0.5, 0.6) is 0 Å². The van der Waals surface area contributed by atoms with Crippen LogP contribution in [-0.4, -0.2) is 25.0 Å². The van der Waals surface area contributed by atoms with Gasteiger partial charge in [0.1, 0.15) is 0 Å². The van der Waals surface area contributed by atoms with E-state index in [0.717, 1.165) is 6.54 Å². The van der Waals surface area contributed by atoms with Gasteiger partial charge in [0.25, 0.3) is 0 Å². The third-order valence-corrected chi connectivity index (χ3v) is 3.49. The molecule has 0 bridgehead atoms. The Balaban J connectivity index is 2.59. The maximum Gasteiger partial charge on any atom is 0.00413 e. The molecule has 1 atom stereocenters. The molecule has 0 fully saturated rings. The summed E-state index contributed by atoms with van der Waals surface area (Å²) in [6.45, 7) is 12.9. The van der Waals surface area contributed by atoms with E-state index in [2.05, 4.69) is 51.4 Å². The van der Waals surface area contributed by atoms with Gasteiger partial charge < -0.3 is 4.90 Å². The highest BCUT2D eigenvalue weighted by atomic mass is 15.1. The summed E-state index contributed by atoms with van der Waals surface area (Å²) in [5.41, 5.74) is 4.22. The number of nitrogens with zero attached hydrogens (tertiary/aromatic N) is 1. The van der Waals surface area contributed by atoms with Gasteiger partial charge in [-0.2, -0.15) is 0 Å². The fourth-order valence-electron chi connectivity index (χ4n) is 2.13. The smallest absolute Gasteiger partial charge is 0.00413 e. The minimum absolute atomic E-state index is 0.674. The molecule has 0 amide bonds. The minimum Gasteiger partial charge on any atom is -0.306 e. The molecule has 0 aromatic rings. The van der Waals surface area contributed by atoms with Crippen molar-refractivity contribution in [3.05, 3.63) is 35.5 Å². The Morgan fingerprint density at radius 3 is 2.56 bits per heavy atom. The number of hydrogen-bond acceptors (Lipinski definition) is 1. The van der Waals surface area contributed by atoms with Crippen LogP contribution < -0.4 is 0 Å². The van der Waals surface area contributed by atoms with Crippen LogP contribution in [0.1, 0.15) is 33.6 Å². The van der Waals surface area contributed by atoms with E-state index in [0.29, 0.717) is 5.92 Å². The van der Waals surface area contributed by atoms with Gasteiger partial charge in [0, 0.05) is 6.54 Å². The van der Waals surface area contributed by atoms with Gasteiger partial charge in [-0.05, 0) is 44.8 Å². The number of rotatable bonds is 5. The predicted molar refractivity (Wildman–Crippen MR) is 72.5 cm³/mol. The molecule has 90 valence electrons. The van der Waals surface area contributed by atoms with Crippen molar-refractivity contribution in [3.8, 4) is 0 Å². The largest absolute Gasteiger partial charge is 0.306 e. The van der Waals surface area contributed by atoms with Crippen molar-refractivity contribution in [2.24, 2.45) is 5.92 Å². The third-order valence-electron chi connectivity index (χ3n) is 3.49. The molecule has 1 rings (SSSR count). The molecule has 16 heavy (non-hydrogen) atoms. The van der Waals surface area contributed by atoms with E-state index >= 15 is 0 Å². The highest BCUT2D eigenvalue weighted by Crippen LogP contribution is 2.27. The zero-order valence-corrected chi connectivity index (χ0v) is 11.2. The lowest BCUT2D eigenvalue weighted by molar-refractivity contribution is 0.315. The van der Waals surface area contributed by atoms with Crippen molar-refractivity contribution < 1.29 is 0 Å². The van der Waals surface area contributed by atoms with Crippen molar-refractivity contribution >= 4 is 0 Å². The van der Waals surface area contributed by atoms with Crippen molar-refractivity contribution in [2.75, 3.05) is 20.1 Å². The topological polar surface area (TPSA) is 3.24 Å². The lowest BCUT2D eigenvalue weighted by Gasteiger charge is -2.24. The molecule has 1 aliphatic rings. The highest BCUT2D eigenvalue weighted by molar-refractivity contribution is 5.35. The molecule has 1 aliphatic carbocycles. The molecule has 0 N–H and O–H groups in total. The maximum atomic E-state index is 4.00. The Labute approximate surface area is 101 Å². The molecule has 1 heteroatoms. The van der Waals surface area contributed by atoms with Gasteiger partial charge in [0.2, 0.25) is 0 Å². The molecular formula is C15H25N. The SMILES string of the molecule is C=C(C)C1=CC=C(C(C)CN(C)CC)CC1. The van der Waals surface area contributed by atoms with E-state index in [1.54, 1.807) is 5.57 Å². The Kier molecular flexibility index (Phi) is 5.01. The average molecular weight is 219 g/mol. The lowest BCUT2D eigenvalue weighted by Crippen LogP contribution is -2.25. The summed E-state index contributed by atoms with van der Waals surface area (Å²) in [5, 5.41) is 0. The van der Waals surface area contributed by atoms with Gasteiger partial charge in [-0.1, -0.05) is 43.7 Å². The second-order valence-corrected chi connectivity index (χ2v) is 4.97. The minimum atomic E-state index is 0.674. The fourth-order valence-corrected chi connectivity index (χ4v) is 2.13. The van der Waals surface area contributed by atoms with Gasteiger partial charge >= 0.3 is 0 Å². The number of allylic oxidation sites excluding steroid dienone is 4. The third kappa shape index (κ3) is 3.64. The van der Waals surface area contributed by atoms with E-state index in [4.69, 9.17) is 0 Å². The van der Waals surface area contributed by atoms with Crippen molar-refractivity contribution in [2.45, 2.75) is 33.6 Å². The van der Waals surface area contributed by atoms with E-state index in [1.165, 1.54) is 30.5 Å². The van der Waals surface area contributed by atoms with Gasteiger partial charge in [-0.3, -0.25) is 0 Å². The first kappa shape index (κ1) is 13.2. The van der Waals surface area contributed by atoms with E-state index in [-0.39, 0.29) is 0 Å². The first-order chi connectivity index (χ1) is 7.54. The summed E-state index contributed by atoms with van der Waals surface area (Å²) < 4.78 is 0. The molecule has 0 saturated heterocycles. The second-order valence-electron chi connectivity index (χ2n) is 4.97. The van der Waals surface area contributed by atoms with E-state index < -0.39 is 0 Å². The Hall–Kier alpha value is -0.820. The monoisotopic (exact) mass is 219 g/mol. The average Bonchev–Trinajstić information content (AvgIpc) is 2.28. The molecule has 0 radical (unpaired) electrons. The Morgan fingerprint density at radius 2 is 2.12 bits per heavy atom. The van der Waals surface area contributed by atoms with Crippen molar-refractivity contribution in [1.82, 2.24) is 4.90 Å². The maximum absolute atomic E-state index is 4.00. The van der Waals surface area contributed by atoms with Crippen LogP contribution >= 0.6 is 0 Å². The van der Waals surface area contributed by atoms with Gasteiger partial charge in [0.05, 0.1) is 0 Å². The van der Waals surface area contributed by atoms with Crippen LogP contribution in [0, 0.1) is 5.92 Å². The molecule has 1 unspecified atom stereocenters. The quantitative estimate of drug-likeness (QED) is 0.680. The van der Waals surface area contributed by atoms with E-state index in [1.807, 2.05) is 0 Å². The zero-order valence-electron chi connectivity index (χ0n) is 11.2. The summed E-state index contributed by atoms with van der Waals surface area (Å²) >= 11 is 0. The van der Waals surface area contributed by atoms with Crippen LogP contribution in [0.3, 0.4) is 0 Å². The molecule has 0 aliphatic heterocycles. The molecule has 0 spiro atoms.